The van der Waals surface area contributed by atoms with Crippen molar-refractivity contribution in [1.29, 1.82) is 0 Å². The number of nitrogens with one attached hydrogen (secondary N) is 2. The molecule has 1 aromatic carbocycles. The molecule has 1 unspecified atom stereocenters. The fraction of sp³-hybridized carbons (Fsp3) is 0.455. The molecule has 2 heterocycles. The van der Waals surface area contributed by atoms with E-state index >= 15 is 0 Å². The first-order valence-corrected chi connectivity index (χ1v) is 9.95. The average Bonchev–Trinajstić information content (AvgIpc) is 2.73. The van der Waals surface area contributed by atoms with E-state index in [1.807, 2.05) is 25.4 Å². The van der Waals surface area contributed by atoms with Crippen molar-refractivity contribution in [3.63, 3.8) is 0 Å². The van der Waals surface area contributed by atoms with Gasteiger partial charge in [-0.15, -0.1) is 24.0 Å². The number of aromatic nitrogens is 1. The Labute approximate surface area is 186 Å². The maximum absolute atomic E-state index is 4.36. The molecule has 2 aromatic rings. The highest BCUT2D eigenvalue weighted by molar-refractivity contribution is 14.0. The maximum atomic E-state index is 4.36. The Balaban J connectivity index is 0.00000280. The Hall–Kier alpha value is -1.67. The first-order valence-electron chi connectivity index (χ1n) is 9.95. The molecule has 28 heavy (non-hydrogen) atoms. The van der Waals surface area contributed by atoms with Gasteiger partial charge in [0.1, 0.15) is 0 Å². The van der Waals surface area contributed by atoms with Crippen molar-refractivity contribution in [2.45, 2.75) is 38.8 Å². The summed E-state index contributed by atoms with van der Waals surface area (Å²) < 4.78 is 0. The van der Waals surface area contributed by atoms with Crippen LogP contribution in [0.15, 0.2) is 53.7 Å². The van der Waals surface area contributed by atoms with E-state index in [0.29, 0.717) is 6.04 Å². The number of hydrogen-bond donors (Lipinski definition) is 2. The lowest BCUT2D eigenvalue weighted by Gasteiger charge is -2.35. The predicted octanol–water partition coefficient (Wildman–Crippen LogP) is 3.24. The number of nitrogens with zero attached hydrogens (tertiary/aromatic N) is 3. The van der Waals surface area contributed by atoms with E-state index in [2.05, 4.69) is 62.8 Å². The monoisotopic (exact) mass is 493 g/mol. The van der Waals surface area contributed by atoms with E-state index in [1.54, 1.807) is 0 Å². The number of benzene rings is 1. The van der Waals surface area contributed by atoms with Gasteiger partial charge < -0.3 is 10.6 Å². The van der Waals surface area contributed by atoms with Gasteiger partial charge >= 0.3 is 0 Å². The Morgan fingerprint density at radius 2 is 1.93 bits per heavy atom. The van der Waals surface area contributed by atoms with Crippen molar-refractivity contribution in [3.05, 3.63) is 65.5 Å². The second-order valence-electron chi connectivity index (χ2n) is 7.00. The average molecular weight is 493 g/mol. The molecule has 6 heteroatoms. The highest BCUT2D eigenvalue weighted by Gasteiger charge is 2.22. The molecule has 152 valence electrons. The number of halogens is 1. The number of aliphatic imine (C=N–C) groups is 1. The minimum Gasteiger partial charge on any atom is -0.356 e. The van der Waals surface area contributed by atoms with Gasteiger partial charge in [0.05, 0.1) is 0 Å². The molecule has 5 nitrogen and oxygen atoms in total. The van der Waals surface area contributed by atoms with Crippen molar-refractivity contribution in [3.8, 4) is 0 Å². The summed E-state index contributed by atoms with van der Waals surface area (Å²) >= 11 is 0. The third kappa shape index (κ3) is 6.44. The van der Waals surface area contributed by atoms with Crippen molar-refractivity contribution in [2.24, 2.45) is 4.99 Å². The zero-order chi connectivity index (χ0) is 18.9. The van der Waals surface area contributed by atoms with Crippen LogP contribution >= 0.6 is 24.0 Å². The number of guanidine groups is 1. The SMILES string of the molecule is CCC(CNC(=NC)NCCc1ccccn1)N1CCc2ccccc2C1.I. The highest BCUT2D eigenvalue weighted by atomic mass is 127. The Morgan fingerprint density at radius 1 is 1.14 bits per heavy atom. The molecule has 1 atom stereocenters. The second kappa shape index (κ2) is 12.0. The largest absolute Gasteiger partial charge is 0.356 e. The molecule has 0 saturated heterocycles. The zero-order valence-corrected chi connectivity index (χ0v) is 19.2. The molecule has 0 radical (unpaired) electrons. The molecular weight excluding hydrogens is 461 g/mol. The third-order valence-electron chi connectivity index (χ3n) is 5.28. The fourth-order valence-electron chi connectivity index (χ4n) is 3.65. The topological polar surface area (TPSA) is 52.6 Å². The second-order valence-corrected chi connectivity index (χ2v) is 7.00. The predicted molar refractivity (Wildman–Crippen MR) is 127 cm³/mol. The lowest BCUT2D eigenvalue weighted by atomic mass is 9.98. The van der Waals surface area contributed by atoms with Crippen LogP contribution in [0.3, 0.4) is 0 Å². The van der Waals surface area contributed by atoms with Gasteiger partial charge in [0.15, 0.2) is 5.96 Å². The van der Waals surface area contributed by atoms with Crippen molar-refractivity contribution in [1.82, 2.24) is 20.5 Å². The van der Waals surface area contributed by atoms with Crippen LogP contribution in [-0.2, 0) is 19.4 Å². The zero-order valence-electron chi connectivity index (χ0n) is 16.9. The summed E-state index contributed by atoms with van der Waals surface area (Å²) in [5.74, 6) is 0.863. The van der Waals surface area contributed by atoms with Crippen LogP contribution in [0.4, 0.5) is 0 Å². The smallest absolute Gasteiger partial charge is 0.191 e. The minimum absolute atomic E-state index is 0. The number of pyridine rings is 1. The molecular formula is C22H32IN5. The summed E-state index contributed by atoms with van der Waals surface area (Å²) in [5, 5.41) is 6.90. The third-order valence-corrected chi connectivity index (χ3v) is 5.28. The molecule has 0 bridgehead atoms. The molecule has 0 fully saturated rings. The maximum Gasteiger partial charge on any atom is 0.191 e. The van der Waals surface area contributed by atoms with Gasteiger partial charge in [-0.3, -0.25) is 14.9 Å². The fourth-order valence-corrected chi connectivity index (χ4v) is 3.65. The quantitative estimate of drug-likeness (QED) is 0.354. The molecule has 0 spiro atoms. The molecule has 1 aliphatic heterocycles. The van der Waals surface area contributed by atoms with E-state index in [9.17, 15) is 0 Å². The highest BCUT2D eigenvalue weighted by Crippen LogP contribution is 2.21. The molecule has 1 aliphatic rings. The first-order chi connectivity index (χ1) is 13.3. The number of fused-ring (bicyclic) bond motifs is 1. The van der Waals surface area contributed by atoms with E-state index in [0.717, 1.165) is 57.1 Å². The molecule has 1 aromatic heterocycles. The van der Waals surface area contributed by atoms with E-state index in [1.165, 1.54) is 11.1 Å². The Morgan fingerprint density at radius 3 is 2.64 bits per heavy atom. The minimum atomic E-state index is 0. The van der Waals surface area contributed by atoms with Crippen LogP contribution in [-0.4, -0.2) is 48.6 Å². The van der Waals surface area contributed by atoms with Crippen molar-refractivity contribution >= 4 is 29.9 Å². The van der Waals surface area contributed by atoms with Crippen molar-refractivity contribution < 1.29 is 0 Å². The van der Waals surface area contributed by atoms with E-state index in [-0.39, 0.29) is 24.0 Å². The van der Waals surface area contributed by atoms with Crippen molar-refractivity contribution in [2.75, 3.05) is 26.7 Å². The van der Waals surface area contributed by atoms with Gasteiger partial charge in [0.25, 0.3) is 0 Å². The van der Waals surface area contributed by atoms with E-state index < -0.39 is 0 Å². The summed E-state index contributed by atoms with van der Waals surface area (Å²) in [7, 11) is 1.83. The van der Waals surface area contributed by atoms with Crippen LogP contribution in [0.1, 0.15) is 30.2 Å². The van der Waals surface area contributed by atoms with Crippen LogP contribution in [0.2, 0.25) is 0 Å². The lowest BCUT2D eigenvalue weighted by molar-refractivity contribution is 0.174. The van der Waals surface area contributed by atoms with Gasteiger partial charge in [-0.05, 0) is 36.1 Å². The molecule has 0 saturated carbocycles. The molecule has 3 rings (SSSR count). The van der Waals surface area contributed by atoms with Gasteiger partial charge in [-0.2, -0.15) is 0 Å². The van der Waals surface area contributed by atoms with Crippen LogP contribution < -0.4 is 10.6 Å². The van der Waals surface area contributed by atoms with Gasteiger partial charge in [0, 0.05) is 57.6 Å². The van der Waals surface area contributed by atoms with Crippen LogP contribution in [0.25, 0.3) is 0 Å². The van der Waals surface area contributed by atoms with Gasteiger partial charge in [0.2, 0.25) is 0 Å². The van der Waals surface area contributed by atoms with Gasteiger partial charge in [-0.1, -0.05) is 37.3 Å². The normalized spacial score (nSPS) is 15.3. The molecule has 0 amide bonds. The van der Waals surface area contributed by atoms with Crippen LogP contribution in [0.5, 0.6) is 0 Å². The Bertz CT molecular complexity index is 735. The summed E-state index contributed by atoms with van der Waals surface area (Å²) in [4.78, 5) is 11.3. The standard InChI is InChI=1S/C22H31N5.HI/c1-3-21(27-15-12-18-8-4-5-9-19(18)17-27)16-26-22(23-2)25-14-11-20-10-6-7-13-24-20;/h4-10,13,21H,3,11-12,14-17H2,1-2H3,(H2,23,25,26);1H. The molecule has 2 N–H and O–H groups in total. The van der Waals surface area contributed by atoms with Gasteiger partial charge in [-0.25, -0.2) is 0 Å². The number of rotatable bonds is 7. The van der Waals surface area contributed by atoms with Crippen LogP contribution in [0, 0.1) is 0 Å². The number of hydrogen-bond acceptors (Lipinski definition) is 3. The van der Waals surface area contributed by atoms with E-state index in [4.69, 9.17) is 0 Å². The Kier molecular flexibility index (Phi) is 9.70. The first kappa shape index (κ1) is 22.6. The summed E-state index contributed by atoms with van der Waals surface area (Å²) in [6, 6.07) is 15.4. The summed E-state index contributed by atoms with van der Waals surface area (Å²) in [5.41, 5.74) is 4.07. The molecule has 0 aliphatic carbocycles. The lowest BCUT2D eigenvalue weighted by Crippen LogP contribution is -2.48. The summed E-state index contributed by atoms with van der Waals surface area (Å²) in [6.45, 7) is 6.17. The summed E-state index contributed by atoms with van der Waals surface area (Å²) in [6.07, 6.45) is 5.00.